The molecule has 17 heavy (non-hydrogen) atoms. The van der Waals surface area contributed by atoms with Gasteiger partial charge in [-0.05, 0) is 23.8 Å². The van der Waals surface area contributed by atoms with Gasteiger partial charge in [0.1, 0.15) is 12.1 Å². The highest BCUT2D eigenvalue weighted by molar-refractivity contribution is 7.17. The van der Waals surface area contributed by atoms with Crippen molar-refractivity contribution < 1.29 is 0 Å². The minimum Gasteiger partial charge on any atom is -0.351 e. The zero-order valence-corrected chi connectivity index (χ0v) is 10.3. The monoisotopic (exact) mass is 246 g/mol. The van der Waals surface area contributed by atoms with Crippen molar-refractivity contribution in [3.63, 3.8) is 0 Å². The summed E-state index contributed by atoms with van der Waals surface area (Å²) in [7, 11) is 0. The van der Waals surface area contributed by atoms with Gasteiger partial charge >= 0.3 is 0 Å². The zero-order valence-electron chi connectivity index (χ0n) is 9.47. The quantitative estimate of drug-likeness (QED) is 0.827. The molecule has 88 valence electrons. The Morgan fingerprint density at radius 1 is 1.35 bits per heavy atom. The van der Waals surface area contributed by atoms with Crippen molar-refractivity contribution in [2.75, 3.05) is 24.5 Å². The van der Waals surface area contributed by atoms with E-state index in [1.54, 1.807) is 17.7 Å². The van der Waals surface area contributed by atoms with Crippen molar-refractivity contribution in [2.45, 2.75) is 12.5 Å². The van der Waals surface area contributed by atoms with Crippen LogP contribution >= 0.6 is 11.3 Å². The van der Waals surface area contributed by atoms with E-state index < -0.39 is 0 Å². The molecular weight excluding hydrogens is 232 g/mol. The number of nitrogens with one attached hydrogen (secondary N) is 1. The van der Waals surface area contributed by atoms with E-state index in [0.717, 1.165) is 30.3 Å². The first-order chi connectivity index (χ1) is 8.43. The Morgan fingerprint density at radius 2 is 2.35 bits per heavy atom. The van der Waals surface area contributed by atoms with Crippen molar-refractivity contribution in [2.24, 2.45) is 5.92 Å². The number of rotatable bonds is 1. The van der Waals surface area contributed by atoms with E-state index in [9.17, 15) is 0 Å². The van der Waals surface area contributed by atoms with Crippen molar-refractivity contribution in [3.05, 3.63) is 17.8 Å². The van der Waals surface area contributed by atoms with Crippen molar-refractivity contribution in [3.8, 4) is 0 Å². The molecule has 0 bridgehead atoms. The highest BCUT2D eigenvalue weighted by atomic mass is 32.1. The van der Waals surface area contributed by atoms with Crippen molar-refractivity contribution >= 4 is 27.4 Å². The molecule has 2 aromatic heterocycles. The van der Waals surface area contributed by atoms with Gasteiger partial charge in [-0.25, -0.2) is 9.97 Å². The summed E-state index contributed by atoms with van der Waals surface area (Å²) in [6.07, 6.45) is 2.98. The van der Waals surface area contributed by atoms with Gasteiger partial charge < -0.3 is 10.2 Å². The van der Waals surface area contributed by atoms with Crippen LogP contribution in [0.3, 0.4) is 0 Å². The van der Waals surface area contributed by atoms with E-state index in [-0.39, 0.29) is 0 Å². The number of hydrogen-bond donors (Lipinski definition) is 1. The topological polar surface area (TPSA) is 41.1 Å². The molecule has 0 spiro atoms. The highest BCUT2D eigenvalue weighted by Gasteiger charge is 2.38. The summed E-state index contributed by atoms with van der Waals surface area (Å²) in [5, 5.41) is 5.58. The van der Waals surface area contributed by atoms with Gasteiger partial charge in [0.05, 0.1) is 10.2 Å². The number of thiophene rings is 1. The van der Waals surface area contributed by atoms with Gasteiger partial charge in [0.2, 0.25) is 0 Å². The largest absolute Gasteiger partial charge is 0.351 e. The van der Waals surface area contributed by atoms with Crippen LogP contribution in [0.4, 0.5) is 5.82 Å². The predicted octanol–water partition coefficient (Wildman–Crippen LogP) is 1.49. The number of nitrogens with zero attached hydrogens (tertiary/aromatic N) is 3. The first-order valence-corrected chi connectivity index (χ1v) is 6.97. The molecule has 2 saturated heterocycles. The molecular formula is C12H14N4S. The summed E-state index contributed by atoms with van der Waals surface area (Å²) in [6, 6.07) is 2.71. The number of anilines is 1. The summed E-state index contributed by atoms with van der Waals surface area (Å²) < 4.78 is 1.24. The first-order valence-electron chi connectivity index (χ1n) is 6.09. The fourth-order valence-corrected chi connectivity index (χ4v) is 3.94. The van der Waals surface area contributed by atoms with Gasteiger partial charge in [-0.15, -0.1) is 11.3 Å². The van der Waals surface area contributed by atoms with E-state index in [4.69, 9.17) is 0 Å². The molecule has 5 heteroatoms. The van der Waals surface area contributed by atoms with E-state index in [0.29, 0.717) is 6.04 Å². The van der Waals surface area contributed by atoms with E-state index in [1.807, 2.05) is 0 Å². The number of hydrogen-bond acceptors (Lipinski definition) is 5. The lowest BCUT2D eigenvalue weighted by atomic mass is 10.1. The van der Waals surface area contributed by atoms with Crippen LogP contribution in [0.25, 0.3) is 10.2 Å². The van der Waals surface area contributed by atoms with Gasteiger partial charge in [0, 0.05) is 25.7 Å². The Balaban J connectivity index is 1.81. The molecule has 0 saturated carbocycles. The van der Waals surface area contributed by atoms with Gasteiger partial charge in [-0.1, -0.05) is 0 Å². The van der Waals surface area contributed by atoms with E-state index >= 15 is 0 Å². The summed E-state index contributed by atoms with van der Waals surface area (Å²) >= 11 is 1.75. The fourth-order valence-electron chi connectivity index (χ4n) is 3.09. The third kappa shape index (κ3) is 1.39. The van der Waals surface area contributed by atoms with Crippen molar-refractivity contribution in [1.82, 2.24) is 15.3 Å². The van der Waals surface area contributed by atoms with Crippen LogP contribution in [0.1, 0.15) is 6.42 Å². The Kier molecular flexibility index (Phi) is 2.10. The Hall–Kier alpha value is -1.20. The Labute approximate surface area is 104 Å². The molecule has 0 amide bonds. The van der Waals surface area contributed by atoms with Crippen LogP contribution in [-0.4, -0.2) is 35.6 Å². The van der Waals surface area contributed by atoms with Crippen LogP contribution in [0.2, 0.25) is 0 Å². The molecule has 0 aromatic carbocycles. The van der Waals surface area contributed by atoms with Gasteiger partial charge in [-0.3, -0.25) is 0 Å². The predicted molar refractivity (Wildman–Crippen MR) is 69.5 cm³/mol. The molecule has 1 N–H and O–H groups in total. The van der Waals surface area contributed by atoms with Crippen LogP contribution in [-0.2, 0) is 0 Å². The normalized spacial score (nSPS) is 27.9. The van der Waals surface area contributed by atoms with Crippen LogP contribution in [0, 0.1) is 5.92 Å². The Morgan fingerprint density at radius 3 is 3.35 bits per heavy atom. The number of fused-ring (bicyclic) bond motifs is 2. The second-order valence-corrected chi connectivity index (χ2v) is 5.72. The second-order valence-electron chi connectivity index (χ2n) is 4.80. The minimum atomic E-state index is 0.634. The van der Waals surface area contributed by atoms with Crippen LogP contribution in [0.15, 0.2) is 17.8 Å². The molecule has 2 aliphatic heterocycles. The summed E-state index contributed by atoms with van der Waals surface area (Å²) in [5.41, 5.74) is 1.08. The molecule has 4 heterocycles. The van der Waals surface area contributed by atoms with Gasteiger partial charge in [-0.2, -0.15) is 0 Å². The molecule has 0 aliphatic carbocycles. The van der Waals surface area contributed by atoms with E-state index in [1.165, 1.54) is 17.7 Å². The first kappa shape index (κ1) is 9.79. The lowest BCUT2D eigenvalue weighted by molar-refractivity contribution is 0.578. The van der Waals surface area contributed by atoms with Gasteiger partial charge in [0.15, 0.2) is 0 Å². The maximum Gasteiger partial charge on any atom is 0.150 e. The maximum absolute atomic E-state index is 4.52. The molecule has 2 aromatic rings. The molecule has 0 radical (unpaired) electrons. The molecule has 4 nitrogen and oxygen atoms in total. The summed E-state index contributed by atoms with van der Waals surface area (Å²) in [6.45, 7) is 3.41. The average molecular weight is 246 g/mol. The maximum atomic E-state index is 4.52. The molecule has 0 unspecified atom stereocenters. The van der Waals surface area contributed by atoms with Crippen LogP contribution < -0.4 is 10.2 Å². The van der Waals surface area contributed by atoms with Gasteiger partial charge in [0.25, 0.3) is 0 Å². The molecule has 2 fully saturated rings. The van der Waals surface area contributed by atoms with E-state index in [2.05, 4.69) is 31.6 Å². The lowest BCUT2D eigenvalue weighted by Crippen LogP contribution is -2.34. The molecule has 2 atom stereocenters. The standard InChI is InChI=1S/C12H14N4S/c1-3-16(10-6-13-5-8(1)10)12-11-9(2-4-17-11)14-7-15-12/h2,4,7-8,10,13H,1,3,5-6H2/t8-,10+/m0/s1. The second kappa shape index (κ2) is 3.65. The third-order valence-corrected chi connectivity index (χ3v) is 4.84. The van der Waals surface area contributed by atoms with Crippen molar-refractivity contribution in [1.29, 1.82) is 0 Å². The summed E-state index contributed by atoms with van der Waals surface area (Å²) in [5.74, 6) is 1.95. The van der Waals surface area contributed by atoms with Crippen LogP contribution in [0.5, 0.6) is 0 Å². The Bertz CT molecular complexity index is 552. The zero-order chi connectivity index (χ0) is 11.2. The average Bonchev–Trinajstić information content (AvgIpc) is 3.04. The third-order valence-electron chi connectivity index (χ3n) is 3.94. The summed E-state index contributed by atoms with van der Waals surface area (Å²) in [4.78, 5) is 11.3. The molecule has 4 rings (SSSR count). The number of aromatic nitrogens is 2. The highest BCUT2D eigenvalue weighted by Crippen LogP contribution is 2.35. The fraction of sp³-hybridized carbons (Fsp3) is 0.500. The smallest absolute Gasteiger partial charge is 0.150 e. The minimum absolute atomic E-state index is 0.634. The molecule has 2 aliphatic rings. The SMILES string of the molecule is c1nc(N2CC[C@H]3CNC[C@H]32)c2sccc2n1. The lowest BCUT2D eigenvalue weighted by Gasteiger charge is -2.24.